The Hall–Kier alpha value is -1.30. The molecule has 1 aliphatic heterocycles. The van der Waals surface area contributed by atoms with E-state index in [9.17, 15) is 4.79 Å². The molecule has 0 aromatic heterocycles. The van der Waals surface area contributed by atoms with Crippen molar-refractivity contribution in [2.45, 2.75) is 19.4 Å². The monoisotopic (exact) mass is 311 g/mol. The first-order valence-electron chi connectivity index (χ1n) is 7.24. The SMILES string of the molecule is CCC(Oc1cccc(Cl)c1)C(=O)NN1CCN(C)CC1. The second kappa shape index (κ2) is 7.64. The number of carbonyl (C=O) groups is 1. The van der Waals surface area contributed by atoms with Crippen molar-refractivity contribution >= 4 is 17.5 Å². The number of halogens is 1. The van der Waals surface area contributed by atoms with Crippen molar-refractivity contribution in [1.29, 1.82) is 0 Å². The number of likely N-dealkylation sites (N-methyl/N-ethyl adjacent to an activating group) is 1. The quantitative estimate of drug-likeness (QED) is 0.900. The lowest BCUT2D eigenvalue weighted by Gasteiger charge is -2.33. The predicted octanol–water partition coefficient (Wildman–Crippen LogP) is 1.78. The Balaban J connectivity index is 1.89. The minimum atomic E-state index is -0.511. The van der Waals surface area contributed by atoms with Crippen LogP contribution in [0.1, 0.15) is 13.3 Å². The van der Waals surface area contributed by atoms with E-state index in [1.807, 2.05) is 18.0 Å². The maximum atomic E-state index is 12.3. The lowest BCUT2D eigenvalue weighted by molar-refractivity contribution is -0.134. The van der Waals surface area contributed by atoms with Crippen molar-refractivity contribution in [3.63, 3.8) is 0 Å². The van der Waals surface area contributed by atoms with Gasteiger partial charge in [-0.25, -0.2) is 5.01 Å². The molecule has 2 rings (SSSR count). The molecule has 1 aromatic carbocycles. The molecular weight excluding hydrogens is 290 g/mol. The molecule has 116 valence electrons. The number of nitrogens with one attached hydrogen (secondary N) is 1. The number of ether oxygens (including phenoxy) is 1. The number of rotatable bonds is 5. The summed E-state index contributed by atoms with van der Waals surface area (Å²) in [6.07, 6.45) is 0.0923. The lowest BCUT2D eigenvalue weighted by Crippen LogP contribution is -2.55. The van der Waals surface area contributed by atoms with Crippen LogP contribution in [-0.2, 0) is 4.79 Å². The van der Waals surface area contributed by atoms with Gasteiger partial charge in [-0.15, -0.1) is 0 Å². The van der Waals surface area contributed by atoms with Gasteiger partial charge in [-0.1, -0.05) is 24.6 Å². The minimum absolute atomic E-state index is 0.109. The average molecular weight is 312 g/mol. The summed E-state index contributed by atoms with van der Waals surface area (Å²) in [5, 5.41) is 2.55. The van der Waals surface area contributed by atoms with Gasteiger partial charge in [0.05, 0.1) is 0 Å². The predicted molar refractivity (Wildman–Crippen MR) is 83.4 cm³/mol. The molecule has 0 saturated carbocycles. The van der Waals surface area contributed by atoms with Crippen molar-refractivity contribution in [1.82, 2.24) is 15.3 Å². The van der Waals surface area contributed by atoms with Crippen LogP contribution >= 0.6 is 11.6 Å². The standard InChI is InChI=1S/C15H22ClN3O2/c1-3-14(21-13-6-4-5-12(16)11-13)15(20)17-19-9-7-18(2)8-10-19/h4-6,11,14H,3,7-10H2,1-2H3,(H,17,20). The van der Waals surface area contributed by atoms with Crippen molar-refractivity contribution in [2.24, 2.45) is 0 Å². The third kappa shape index (κ3) is 4.88. The number of benzene rings is 1. The lowest BCUT2D eigenvalue weighted by atomic mass is 10.2. The summed E-state index contributed by atoms with van der Waals surface area (Å²) >= 11 is 5.93. The van der Waals surface area contributed by atoms with Crippen LogP contribution < -0.4 is 10.2 Å². The molecule has 1 aromatic rings. The molecule has 1 N–H and O–H groups in total. The number of hydrazine groups is 1. The minimum Gasteiger partial charge on any atom is -0.481 e. The molecule has 0 radical (unpaired) electrons. The Morgan fingerprint density at radius 1 is 1.38 bits per heavy atom. The molecule has 1 unspecified atom stereocenters. The zero-order valence-electron chi connectivity index (χ0n) is 12.5. The van der Waals surface area contributed by atoms with Crippen LogP contribution in [0.2, 0.25) is 5.02 Å². The van der Waals surface area contributed by atoms with E-state index < -0.39 is 6.10 Å². The maximum Gasteiger partial charge on any atom is 0.275 e. The molecule has 1 amide bonds. The van der Waals surface area contributed by atoms with Gasteiger partial charge in [0.25, 0.3) is 5.91 Å². The van der Waals surface area contributed by atoms with E-state index in [-0.39, 0.29) is 5.91 Å². The molecule has 0 bridgehead atoms. The smallest absolute Gasteiger partial charge is 0.275 e. The Labute approximate surface area is 130 Å². The molecule has 5 nitrogen and oxygen atoms in total. The molecule has 1 heterocycles. The van der Waals surface area contributed by atoms with Crippen LogP contribution in [0.5, 0.6) is 5.75 Å². The maximum absolute atomic E-state index is 12.3. The molecule has 1 aliphatic rings. The number of amides is 1. The number of piperazine rings is 1. The van der Waals surface area contributed by atoms with Gasteiger partial charge in [0.15, 0.2) is 6.10 Å². The van der Waals surface area contributed by atoms with E-state index in [1.54, 1.807) is 18.2 Å². The van der Waals surface area contributed by atoms with Gasteiger partial charge in [0, 0.05) is 31.2 Å². The highest BCUT2D eigenvalue weighted by Crippen LogP contribution is 2.19. The van der Waals surface area contributed by atoms with Crippen LogP contribution in [0.25, 0.3) is 0 Å². The van der Waals surface area contributed by atoms with Gasteiger partial charge in [-0.3, -0.25) is 10.2 Å². The molecule has 0 spiro atoms. The fourth-order valence-corrected chi connectivity index (χ4v) is 2.35. The van der Waals surface area contributed by atoms with E-state index in [1.165, 1.54) is 0 Å². The van der Waals surface area contributed by atoms with Crippen molar-refractivity contribution in [3.8, 4) is 5.75 Å². The van der Waals surface area contributed by atoms with Gasteiger partial charge in [0.1, 0.15) is 5.75 Å². The average Bonchev–Trinajstić information content (AvgIpc) is 2.47. The first-order valence-corrected chi connectivity index (χ1v) is 7.62. The largest absolute Gasteiger partial charge is 0.481 e. The summed E-state index contributed by atoms with van der Waals surface area (Å²) in [6, 6.07) is 7.10. The third-order valence-electron chi connectivity index (χ3n) is 3.51. The van der Waals surface area contributed by atoms with Gasteiger partial charge in [-0.05, 0) is 31.7 Å². The topological polar surface area (TPSA) is 44.8 Å². The normalized spacial score (nSPS) is 18.2. The molecular formula is C15H22ClN3O2. The van der Waals surface area contributed by atoms with E-state index in [0.29, 0.717) is 17.2 Å². The molecule has 1 fully saturated rings. The summed E-state index contributed by atoms with van der Waals surface area (Å²) in [6.45, 7) is 5.49. The number of nitrogens with zero attached hydrogens (tertiary/aromatic N) is 2. The zero-order valence-corrected chi connectivity index (χ0v) is 13.3. The van der Waals surface area contributed by atoms with E-state index in [0.717, 1.165) is 26.2 Å². The van der Waals surface area contributed by atoms with Crippen molar-refractivity contribution in [2.75, 3.05) is 33.2 Å². The fourth-order valence-electron chi connectivity index (χ4n) is 2.17. The summed E-state index contributed by atoms with van der Waals surface area (Å²) < 4.78 is 5.74. The highest BCUT2D eigenvalue weighted by atomic mass is 35.5. The first kappa shape index (κ1) is 16.1. The zero-order chi connectivity index (χ0) is 15.2. The van der Waals surface area contributed by atoms with Crippen molar-refractivity contribution < 1.29 is 9.53 Å². The molecule has 1 atom stereocenters. The molecule has 0 aliphatic carbocycles. The fraction of sp³-hybridized carbons (Fsp3) is 0.533. The first-order chi connectivity index (χ1) is 10.1. The number of hydrogen-bond donors (Lipinski definition) is 1. The van der Waals surface area contributed by atoms with E-state index in [2.05, 4.69) is 17.4 Å². The van der Waals surface area contributed by atoms with E-state index in [4.69, 9.17) is 16.3 Å². The molecule has 1 saturated heterocycles. The third-order valence-corrected chi connectivity index (χ3v) is 3.74. The number of hydrogen-bond acceptors (Lipinski definition) is 4. The summed E-state index contributed by atoms with van der Waals surface area (Å²) in [5.41, 5.74) is 2.94. The number of carbonyl (C=O) groups excluding carboxylic acids is 1. The van der Waals surface area contributed by atoms with Crippen LogP contribution in [0, 0.1) is 0 Å². The highest BCUT2D eigenvalue weighted by Gasteiger charge is 2.22. The van der Waals surface area contributed by atoms with Gasteiger partial charge < -0.3 is 9.64 Å². The van der Waals surface area contributed by atoms with Gasteiger partial charge >= 0.3 is 0 Å². The summed E-state index contributed by atoms with van der Waals surface area (Å²) in [5.74, 6) is 0.505. The Kier molecular flexibility index (Phi) is 5.85. The van der Waals surface area contributed by atoms with Crippen LogP contribution in [0.4, 0.5) is 0 Å². The van der Waals surface area contributed by atoms with Crippen LogP contribution in [-0.4, -0.2) is 55.1 Å². The molecule has 6 heteroatoms. The molecule has 21 heavy (non-hydrogen) atoms. The Morgan fingerprint density at radius 3 is 2.71 bits per heavy atom. The van der Waals surface area contributed by atoms with Gasteiger partial charge in [0.2, 0.25) is 0 Å². The van der Waals surface area contributed by atoms with Crippen LogP contribution in [0.3, 0.4) is 0 Å². The van der Waals surface area contributed by atoms with Gasteiger partial charge in [-0.2, -0.15) is 0 Å². The van der Waals surface area contributed by atoms with Crippen LogP contribution in [0.15, 0.2) is 24.3 Å². The summed E-state index contributed by atoms with van der Waals surface area (Å²) in [7, 11) is 2.08. The highest BCUT2D eigenvalue weighted by molar-refractivity contribution is 6.30. The second-order valence-electron chi connectivity index (χ2n) is 5.24. The van der Waals surface area contributed by atoms with Crippen molar-refractivity contribution in [3.05, 3.63) is 29.3 Å². The summed E-state index contributed by atoms with van der Waals surface area (Å²) in [4.78, 5) is 14.5. The Morgan fingerprint density at radius 2 is 2.10 bits per heavy atom. The van der Waals surface area contributed by atoms with E-state index >= 15 is 0 Å². The second-order valence-corrected chi connectivity index (χ2v) is 5.67. The Bertz CT molecular complexity index is 476.